The monoisotopic (exact) mass is 271 g/mol. The normalized spacial score (nSPS) is 16.3. The van der Waals surface area contributed by atoms with E-state index in [1.165, 1.54) is 0 Å². The molecule has 1 aliphatic heterocycles. The van der Waals surface area contributed by atoms with Gasteiger partial charge in [0.25, 0.3) is 5.24 Å². The summed E-state index contributed by atoms with van der Waals surface area (Å²) in [5.74, 6) is -0.397. The molecule has 1 aliphatic rings. The second kappa shape index (κ2) is 5.25. The number of imide groups is 1. The zero-order valence-electron chi connectivity index (χ0n) is 8.34. The molecule has 96 valence electrons. The smallest absolute Gasteiger partial charge is 0.336 e. The zero-order valence-corrected chi connectivity index (χ0v) is 9.15. The maximum absolute atomic E-state index is 11.7. The molecule has 17 heavy (non-hydrogen) atoms. The van der Waals surface area contributed by atoms with E-state index in [1.807, 2.05) is 5.32 Å². The van der Waals surface area contributed by atoms with Crippen molar-refractivity contribution in [2.75, 3.05) is 18.8 Å². The highest BCUT2D eigenvalue weighted by Gasteiger charge is 2.31. The average Bonchev–Trinajstić information content (AvgIpc) is 2.46. The Morgan fingerprint density at radius 1 is 1.41 bits per heavy atom. The number of halogens is 3. The van der Waals surface area contributed by atoms with E-state index in [2.05, 4.69) is 0 Å². The van der Waals surface area contributed by atoms with E-state index >= 15 is 0 Å². The molecule has 0 saturated carbocycles. The SMILES string of the molecule is O=C(NCCN1C(=O)CSC1=O)NC(F)(F)F. The molecular formula is C7H8F3N3O3S. The van der Waals surface area contributed by atoms with Gasteiger partial charge >= 0.3 is 12.3 Å². The first-order chi connectivity index (χ1) is 7.79. The number of urea groups is 1. The summed E-state index contributed by atoms with van der Waals surface area (Å²) in [4.78, 5) is 33.6. The van der Waals surface area contributed by atoms with E-state index in [9.17, 15) is 27.6 Å². The molecule has 0 aromatic carbocycles. The molecule has 0 radical (unpaired) electrons. The largest absolute Gasteiger partial charge is 0.485 e. The molecule has 0 bridgehead atoms. The number of thioether (sulfide) groups is 1. The quantitative estimate of drug-likeness (QED) is 0.733. The molecule has 0 atom stereocenters. The first-order valence-electron chi connectivity index (χ1n) is 4.39. The Kier molecular flexibility index (Phi) is 4.21. The van der Waals surface area contributed by atoms with E-state index in [0.29, 0.717) is 0 Å². The van der Waals surface area contributed by atoms with Crippen LogP contribution in [0.5, 0.6) is 0 Å². The third-order valence-electron chi connectivity index (χ3n) is 1.72. The van der Waals surface area contributed by atoms with Gasteiger partial charge in [-0.25, -0.2) is 10.1 Å². The summed E-state index contributed by atoms with van der Waals surface area (Å²) < 4.78 is 35.0. The Hall–Kier alpha value is -1.45. The van der Waals surface area contributed by atoms with E-state index < -0.39 is 23.5 Å². The Labute approximate surface area is 97.9 Å². The van der Waals surface area contributed by atoms with Crippen LogP contribution in [0.2, 0.25) is 0 Å². The summed E-state index contributed by atoms with van der Waals surface area (Å²) in [7, 11) is 0. The predicted molar refractivity (Wildman–Crippen MR) is 52.2 cm³/mol. The van der Waals surface area contributed by atoms with Crippen LogP contribution in [0.25, 0.3) is 0 Å². The molecule has 0 aromatic heterocycles. The summed E-state index contributed by atoms with van der Waals surface area (Å²) >= 11 is 0.811. The van der Waals surface area contributed by atoms with Gasteiger partial charge in [0.15, 0.2) is 0 Å². The van der Waals surface area contributed by atoms with E-state index in [-0.39, 0.29) is 18.8 Å². The molecule has 0 unspecified atom stereocenters. The highest BCUT2D eigenvalue weighted by Crippen LogP contribution is 2.17. The van der Waals surface area contributed by atoms with Crippen molar-refractivity contribution in [2.45, 2.75) is 6.30 Å². The molecule has 10 heteroatoms. The van der Waals surface area contributed by atoms with Gasteiger partial charge in [-0.3, -0.25) is 14.5 Å². The van der Waals surface area contributed by atoms with Crippen LogP contribution in [-0.2, 0) is 4.79 Å². The number of alkyl halides is 3. The highest BCUT2D eigenvalue weighted by atomic mass is 32.2. The molecule has 4 amide bonds. The number of amides is 4. The predicted octanol–water partition coefficient (Wildman–Crippen LogP) is 0.501. The first kappa shape index (κ1) is 13.6. The van der Waals surface area contributed by atoms with Gasteiger partial charge in [-0.05, 0) is 0 Å². The van der Waals surface area contributed by atoms with Gasteiger partial charge in [-0.2, -0.15) is 13.2 Å². The van der Waals surface area contributed by atoms with Crippen LogP contribution in [0.1, 0.15) is 0 Å². The second-order valence-electron chi connectivity index (χ2n) is 2.98. The zero-order chi connectivity index (χ0) is 13.1. The van der Waals surface area contributed by atoms with Crippen molar-refractivity contribution in [1.29, 1.82) is 0 Å². The van der Waals surface area contributed by atoms with Gasteiger partial charge in [0.2, 0.25) is 5.91 Å². The van der Waals surface area contributed by atoms with Gasteiger partial charge in [-0.1, -0.05) is 11.8 Å². The topological polar surface area (TPSA) is 78.5 Å². The van der Waals surface area contributed by atoms with E-state index in [4.69, 9.17) is 0 Å². The Bertz CT molecular complexity index is 331. The van der Waals surface area contributed by atoms with Crippen LogP contribution >= 0.6 is 11.8 Å². The van der Waals surface area contributed by atoms with Gasteiger partial charge in [0.1, 0.15) is 0 Å². The van der Waals surface area contributed by atoms with Crippen molar-refractivity contribution >= 4 is 28.9 Å². The van der Waals surface area contributed by atoms with Crippen molar-refractivity contribution in [3.8, 4) is 0 Å². The van der Waals surface area contributed by atoms with Crippen LogP contribution in [0.4, 0.5) is 22.8 Å². The van der Waals surface area contributed by atoms with E-state index in [0.717, 1.165) is 22.0 Å². The molecule has 0 aliphatic carbocycles. The number of carbonyl (C=O) groups is 3. The molecular weight excluding hydrogens is 263 g/mol. The number of hydrogen-bond donors (Lipinski definition) is 2. The molecule has 6 nitrogen and oxygen atoms in total. The highest BCUT2D eigenvalue weighted by molar-refractivity contribution is 8.14. The minimum atomic E-state index is -4.81. The number of hydrogen-bond acceptors (Lipinski definition) is 4. The fraction of sp³-hybridized carbons (Fsp3) is 0.571. The van der Waals surface area contributed by atoms with Crippen LogP contribution in [-0.4, -0.2) is 47.2 Å². The molecule has 2 N–H and O–H groups in total. The summed E-state index contributed by atoms with van der Waals surface area (Å²) in [5.41, 5.74) is 0. The molecule has 1 heterocycles. The minimum absolute atomic E-state index is 0.0214. The van der Waals surface area contributed by atoms with Gasteiger partial charge in [-0.15, -0.1) is 0 Å². The molecule has 1 fully saturated rings. The number of rotatable bonds is 3. The molecule has 1 rings (SSSR count). The van der Waals surface area contributed by atoms with Crippen molar-refractivity contribution in [1.82, 2.24) is 15.5 Å². The fourth-order valence-electron chi connectivity index (χ4n) is 1.05. The summed E-state index contributed by atoms with van der Waals surface area (Å²) in [6.07, 6.45) is -4.81. The lowest BCUT2D eigenvalue weighted by molar-refractivity contribution is -0.145. The van der Waals surface area contributed by atoms with Crippen LogP contribution in [0.15, 0.2) is 0 Å². The molecule has 0 spiro atoms. The van der Waals surface area contributed by atoms with Crippen molar-refractivity contribution < 1.29 is 27.6 Å². The summed E-state index contributed by atoms with van der Waals surface area (Å²) in [5, 5.41) is 2.14. The minimum Gasteiger partial charge on any atom is -0.336 e. The Morgan fingerprint density at radius 3 is 2.53 bits per heavy atom. The lowest BCUT2D eigenvalue weighted by Gasteiger charge is -2.14. The average molecular weight is 271 g/mol. The lowest BCUT2D eigenvalue weighted by Crippen LogP contribution is -2.46. The molecule has 1 saturated heterocycles. The van der Waals surface area contributed by atoms with Crippen molar-refractivity contribution in [3.05, 3.63) is 0 Å². The standard InChI is InChI=1S/C7H8F3N3O3S/c8-7(9,10)12-5(15)11-1-2-13-4(14)3-17-6(13)16/h1-3H2,(H2,11,12,15). The Morgan fingerprint density at radius 2 is 2.06 bits per heavy atom. The number of nitrogens with one attached hydrogen (secondary N) is 2. The van der Waals surface area contributed by atoms with Crippen molar-refractivity contribution in [2.24, 2.45) is 0 Å². The second-order valence-corrected chi connectivity index (χ2v) is 3.91. The van der Waals surface area contributed by atoms with Gasteiger partial charge in [0.05, 0.1) is 5.75 Å². The summed E-state index contributed by atoms with van der Waals surface area (Å²) in [6.45, 7) is -0.379. The third kappa shape index (κ3) is 4.51. The van der Waals surface area contributed by atoms with Gasteiger partial charge in [0, 0.05) is 13.1 Å². The third-order valence-corrected chi connectivity index (χ3v) is 2.58. The fourth-order valence-corrected chi connectivity index (χ4v) is 1.80. The number of nitrogens with zero attached hydrogens (tertiary/aromatic N) is 1. The first-order valence-corrected chi connectivity index (χ1v) is 5.38. The maximum Gasteiger partial charge on any atom is 0.485 e. The van der Waals surface area contributed by atoms with Gasteiger partial charge < -0.3 is 5.32 Å². The maximum atomic E-state index is 11.7. The Balaban J connectivity index is 2.26. The molecule has 0 aromatic rings. The van der Waals surface area contributed by atoms with Crippen LogP contribution < -0.4 is 10.6 Å². The number of carbonyl (C=O) groups excluding carboxylic acids is 3. The summed E-state index contributed by atoms with van der Waals surface area (Å²) in [6, 6.07) is -1.43. The van der Waals surface area contributed by atoms with E-state index in [1.54, 1.807) is 0 Å². The van der Waals surface area contributed by atoms with Crippen molar-refractivity contribution in [3.63, 3.8) is 0 Å². The van der Waals surface area contributed by atoms with Crippen LogP contribution in [0, 0.1) is 0 Å². The van der Waals surface area contributed by atoms with Crippen LogP contribution in [0.3, 0.4) is 0 Å². The lowest BCUT2D eigenvalue weighted by atomic mass is 10.5.